The Labute approximate surface area is 121 Å². The van der Waals surface area contributed by atoms with E-state index in [9.17, 15) is 9.59 Å². The molecule has 1 aromatic carbocycles. The third-order valence-corrected chi connectivity index (χ3v) is 2.97. The summed E-state index contributed by atoms with van der Waals surface area (Å²) in [6, 6.07) is 9.32. The number of hydrogen-bond acceptors (Lipinski definition) is 4. The van der Waals surface area contributed by atoms with Gasteiger partial charge in [-0.3, -0.25) is 9.59 Å². The van der Waals surface area contributed by atoms with Crippen molar-refractivity contribution in [3.05, 3.63) is 42.5 Å². The van der Waals surface area contributed by atoms with E-state index in [1.807, 2.05) is 30.3 Å². The van der Waals surface area contributed by atoms with Crippen LogP contribution in [0.1, 0.15) is 24.0 Å². The largest absolute Gasteiger partial charge is 0.481 e. The Morgan fingerprint density at radius 3 is 2.62 bits per heavy atom. The third-order valence-electron chi connectivity index (χ3n) is 2.97. The molecule has 110 valence electrons. The van der Waals surface area contributed by atoms with Crippen LogP contribution in [-0.2, 0) is 4.79 Å². The summed E-state index contributed by atoms with van der Waals surface area (Å²) in [5.41, 5.74) is 0.803. The van der Waals surface area contributed by atoms with Crippen LogP contribution in [0.25, 0.3) is 5.69 Å². The zero-order valence-electron chi connectivity index (χ0n) is 11.6. The van der Waals surface area contributed by atoms with Crippen LogP contribution < -0.4 is 0 Å². The number of hydrogen-bond donors (Lipinski definition) is 1. The molecule has 0 aliphatic rings. The van der Waals surface area contributed by atoms with Crippen molar-refractivity contribution in [3.63, 3.8) is 0 Å². The van der Waals surface area contributed by atoms with Crippen LogP contribution in [0, 0.1) is 0 Å². The molecule has 21 heavy (non-hydrogen) atoms. The zero-order chi connectivity index (χ0) is 15.2. The van der Waals surface area contributed by atoms with Crippen LogP contribution in [-0.4, -0.2) is 49.7 Å². The molecule has 0 unspecified atom stereocenters. The number of amides is 1. The molecule has 1 heterocycles. The third kappa shape index (κ3) is 3.65. The molecule has 1 amide bonds. The number of carboxylic acids is 1. The molecule has 2 aromatic rings. The number of rotatable bonds is 6. The first kappa shape index (κ1) is 14.7. The Hall–Kier alpha value is -2.70. The first-order chi connectivity index (χ1) is 10.1. The quantitative estimate of drug-likeness (QED) is 0.863. The van der Waals surface area contributed by atoms with Gasteiger partial charge in [0.1, 0.15) is 6.33 Å². The Balaban J connectivity index is 2.12. The molecule has 7 heteroatoms. The summed E-state index contributed by atoms with van der Waals surface area (Å²) < 4.78 is 1.51. The van der Waals surface area contributed by atoms with E-state index < -0.39 is 5.97 Å². The Bertz CT molecular complexity index is 624. The minimum Gasteiger partial charge on any atom is -0.481 e. The summed E-state index contributed by atoms with van der Waals surface area (Å²) in [5, 5.41) is 12.8. The number of benzene rings is 1. The predicted octanol–water partition coefficient (Wildman–Crippen LogP) is 1.20. The van der Waals surface area contributed by atoms with Gasteiger partial charge < -0.3 is 10.0 Å². The van der Waals surface area contributed by atoms with Gasteiger partial charge in [0.05, 0.1) is 12.1 Å². The lowest BCUT2D eigenvalue weighted by Crippen LogP contribution is -2.33. The molecule has 0 saturated carbocycles. The highest BCUT2D eigenvalue weighted by molar-refractivity contribution is 5.90. The van der Waals surface area contributed by atoms with Crippen LogP contribution in [0.4, 0.5) is 0 Å². The van der Waals surface area contributed by atoms with Gasteiger partial charge in [-0.05, 0) is 19.1 Å². The summed E-state index contributed by atoms with van der Waals surface area (Å²) in [7, 11) is 0. The Kier molecular flexibility index (Phi) is 4.65. The van der Waals surface area contributed by atoms with E-state index in [1.165, 1.54) is 15.9 Å². The Morgan fingerprint density at radius 1 is 1.29 bits per heavy atom. The van der Waals surface area contributed by atoms with Crippen LogP contribution in [0.5, 0.6) is 0 Å². The molecule has 0 spiro atoms. The average Bonchev–Trinajstić information content (AvgIpc) is 2.98. The molecule has 0 radical (unpaired) electrons. The second-order valence-corrected chi connectivity index (χ2v) is 4.38. The molecule has 1 N–H and O–H groups in total. The molecule has 2 rings (SSSR count). The van der Waals surface area contributed by atoms with Crippen molar-refractivity contribution in [2.24, 2.45) is 0 Å². The maximum Gasteiger partial charge on any atom is 0.305 e. The van der Waals surface area contributed by atoms with E-state index in [0.29, 0.717) is 6.54 Å². The zero-order valence-corrected chi connectivity index (χ0v) is 11.6. The van der Waals surface area contributed by atoms with Gasteiger partial charge in [-0.25, -0.2) is 9.67 Å². The molecule has 0 bridgehead atoms. The first-order valence-corrected chi connectivity index (χ1v) is 6.60. The van der Waals surface area contributed by atoms with E-state index >= 15 is 0 Å². The summed E-state index contributed by atoms with van der Waals surface area (Å²) in [6.45, 7) is 2.34. The summed E-state index contributed by atoms with van der Waals surface area (Å²) in [5.74, 6) is -1.25. The van der Waals surface area contributed by atoms with Crippen LogP contribution >= 0.6 is 0 Å². The molecule has 7 nitrogen and oxygen atoms in total. The monoisotopic (exact) mass is 288 g/mol. The van der Waals surface area contributed by atoms with Gasteiger partial charge in [-0.15, -0.1) is 5.10 Å². The summed E-state index contributed by atoms with van der Waals surface area (Å²) >= 11 is 0. The number of nitrogens with zero attached hydrogens (tertiary/aromatic N) is 4. The number of aromatic nitrogens is 3. The topological polar surface area (TPSA) is 88.3 Å². The number of carbonyl (C=O) groups is 2. The fourth-order valence-corrected chi connectivity index (χ4v) is 1.84. The molecule has 1 aromatic heterocycles. The van der Waals surface area contributed by atoms with Gasteiger partial charge >= 0.3 is 5.97 Å². The highest BCUT2D eigenvalue weighted by Gasteiger charge is 2.19. The van der Waals surface area contributed by atoms with Crippen molar-refractivity contribution in [1.29, 1.82) is 0 Å². The van der Waals surface area contributed by atoms with Crippen molar-refractivity contribution in [1.82, 2.24) is 19.7 Å². The number of carboxylic acid groups (broad SMARTS) is 1. The van der Waals surface area contributed by atoms with E-state index in [4.69, 9.17) is 5.11 Å². The molecular formula is C14H16N4O3. The highest BCUT2D eigenvalue weighted by atomic mass is 16.4. The normalized spacial score (nSPS) is 10.3. The van der Waals surface area contributed by atoms with Gasteiger partial charge in [-0.1, -0.05) is 18.2 Å². The van der Waals surface area contributed by atoms with E-state index in [1.54, 1.807) is 6.92 Å². The van der Waals surface area contributed by atoms with Crippen LogP contribution in [0.3, 0.4) is 0 Å². The van der Waals surface area contributed by atoms with E-state index in [2.05, 4.69) is 10.1 Å². The van der Waals surface area contributed by atoms with E-state index in [0.717, 1.165) is 5.69 Å². The number of carbonyl (C=O) groups excluding carboxylic acids is 1. The lowest BCUT2D eigenvalue weighted by atomic mass is 10.3. The molecule has 0 aliphatic heterocycles. The van der Waals surface area contributed by atoms with Gasteiger partial charge in [0, 0.05) is 13.1 Å². The molecule has 0 saturated heterocycles. The van der Waals surface area contributed by atoms with Crippen LogP contribution in [0.2, 0.25) is 0 Å². The second-order valence-electron chi connectivity index (χ2n) is 4.38. The van der Waals surface area contributed by atoms with Gasteiger partial charge in [0.2, 0.25) is 5.82 Å². The van der Waals surface area contributed by atoms with Crippen molar-refractivity contribution < 1.29 is 14.7 Å². The van der Waals surface area contributed by atoms with Crippen molar-refractivity contribution in [2.45, 2.75) is 13.3 Å². The lowest BCUT2D eigenvalue weighted by molar-refractivity contribution is -0.137. The molecule has 0 aliphatic carbocycles. The van der Waals surface area contributed by atoms with Gasteiger partial charge in [-0.2, -0.15) is 0 Å². The standard InChI is InChI=1S/C14H16N4O3/c1-2-17(9-8-12(19)20)14(21)13-15-10-18(16-13)11-6-4-3-5-7-11/h3-7,10H,2,8-9H2,1H3,(H,19,20). The maximum atomic E-state index is 12.2. The predicted molar refractivity (Wildman–Crippen MR) is 75.2 cm³/mol. The van der Waals surface area contributed by atoms with Crippen molar-refractivity contribution in [2.75, 3.05) is 13.1 Å². The van der Waals surface area contributed by atoms with Gasteiger partial charge in [0.25, 0.3) is 5.91 Å². The SMILES string of the molecule is CCN(CCC(=O)O)C(=O)c1ncn(-c2ccccc2)n1. The smallest absolute Gasteiger partial charge is 0.305 e. The molecule has 0 fully saturated rings. The average molecular weight is 288 g/mol. The fourth-order valence-electron chi connectivity index (χ4n) is 1.84. The summed E-state index contributed by atoms with van der Waals surface area (Å²) in [6.07, 6.45) is 1.37. The first-order valence-electron chi connectivity index (χ1n) is 6.60. The minimum atomic E-state index is -0.941. The Morgan fingerprint density at radius 2 is 2.00 bits per heavy atom. The fraction of sp³-hybridized carbons (Fsp3) is 0.286. The minimum absolute atomic E-state index is 0.0612. The van der Waals surface area contributed by atoms with Crippen molar-refractivity contribution >= 4 is 11.9 Å². The highest BCUT2D eigenvalue weighted by Crippen LogP contribution is 2.06. The number of para-hydroxylation sites is 1. The molecular weight excluding hydrogens is 272 g/mol. The summed E-state index contributed by atoms with van der Waals surface area (Å²) in [4.78, 5) is 28.2. The maximum absolute atomic E-state index is 12.2. The van der Waals surface area contributed by atoms with Crippen molar-refractivity contribution in [3.8, 4) is 5.69 Å². The van der Waals surface area contributed by atoms with E-state index in [-0.39, 0.29) is 24.7 Å². The lowest BCUT2D eigenvalue weighted by Gasteiger charge is -2.17. The van der Waals surface area contributed by atoms with Gasteiger partial charge in [0.15, 0.2) is 0 Å². The number of aliphatic carboxylic acids is 1. The second kappa shape index (κ2) is 6.65. The van der Waals surface area contributed by atoms with Crippen LogP contribution in [0.15, 0.2) is 36.7 Å². The molecule has 0 atom stereocenters.